The van der Waals surface area contributed by atoms with Gasteiger partial charge in [-0.25, -0.2) is 0 Å². The largest absolute Gasteiger partial charge is 0.497 e. The number of carbonyl (C=O) groups excluding carboxylic acids is 1. The van der Waals surface area contributed by atoms with E-state index in [4.69, 9.17) is 4.74 Å². The summed E-state index contributed by atoms with van der Waals surface area (Å²) in [6.07, 6.45) is 0. The molecule has 0 heterocycles. The van der Waals surface area contributed by atoms with Gasteiger partial charge >= 0.3 is 0 Å². The van der Waals surface area contributed by atoms with Crippen molar-refractivity contribution in [3.05, 3.63) is 54.1 Å². The van der Waals surface area contributed by atoms with Crippen LogP contribution in [0.5, 0.6) is 5.75 Å². The van der Waals surface area contributed by atoms with Crippen LogP contribution in [0.4, 0.5) is 5.69 Å². The number of thioether (sulfide) groups is 1. The first-order chi connectivity index (χ1) is 9.67. The predicted molar refractivity (Wildman–Crippen MR) is 83.5 cm³/mol. The van der Waals surface area contributed by atoms with Gasteiger partial charge in [-0.15, -0.1) is 11.8 Å². The van der Waals surface area contributed by atoms with E-state index >= 15 is 0 Å². The number of ether oxygens (including phenoxy) is 1. The van der Waals surface area contributed by atoms with Crippen LogP contribution in [0.1, 0.15) is 5.56 Å². The van der Waals surface area contributed by atoms with E-state index in [9.17, 15) is 4.79 Å². The number of methoxy groups -OCH3 is 1. The molecule has 0 aliphatic carbocycles. The van der Waals surface area contributed by atoms with Gasteiger partial charge in [-0.05, 0) is 48.9 Å². The Morgan fingerprint density at radius 1 is 1.20 bits per heavy atom. The summed E-state index contributed by atoms with van der Waals surface area (Å²) in [5.41, 5.74) is 1.97. The number of carbonyl (C=O) groups is 1. The van der Waals surface area contributed by atoms with E-state index in [0.717, 1.165) is 21.9 Å². The molecule has 0 unspecified atom stereocenters. The first-order valence-corrected chi connectivity index (χ1v) is 7.29. The summed E-state index contributed by atoms with van der Waals surface area (Å²) in [6, 6.07) is 15.5. The Morgan fingerprint density at radius 3 is 2.60 bits per heavy atom. The fraction of sp³-hybridized carbons (Fsp3) is 0.188. The van der Waals surface area contributed by atoms with Crippen LogP contribution in [-0.4, -0.2) is 18.8 Å². The van der Waals surface area contributed by atoms with Gasteiger partial charge in [0.15, 0.2) is 0 Å². The molecule has 0 spiro atoms. The monoisotopic (exact) mass is 287 g/mol. The molecular weight excluding hydrogens is 270 g/mol. The lowest BCUT2D eigenvalue weighted by Gasteiger charge is -2.06. The minimum absolute atomic E-state index is 0.00332. The highest BCUT2D eigenvalue weighted by molar-refractivity contribution is 8.00. The Morgan fingerprint density at radius 2 is 1.95 bits per heavy atom. The van der Waals surface area contributed by atoms with Crippen LogP contribution in [0, 0.1) is 6.92 Å². The second-order valence-electron chi connectivity index (χ2n) is 4.38. The summed E-state index contributed by atoms with van der Waals surface area (Å²) in [6.45, 7) is 2.00. The Kier molecular flexibility index (Phi) is 5.07. The van der Waals surface area contributed by atoms with Crippen molar-refractivity contribution in [2.24, 2.45) is 0 Å². The molecule has 1 N–H and O–H groups in total. The maximum absolute atomic E-state index is 11.9. The molecular formula is C16H17NO2S. The normalized spacial score (nSPS) is 10.1. The zero-order valence-electron chi connectivity index (χ0n) is 11.6. The standard InChI is InChI=1S/C16H17NO2S/c1-12-4-3-5-13(10-12)17-16(18)11-20-15-8-6-14(19-2)7-9-15/h3-10H,11H2,1-2H3,(H,17,18). The molecule has 0 bridgehead atoms. The summed E-state index contributed by atoms with van der Waals surface area (Å²) in [7, 11) is 1.64. The van der Waals surface area contributed by atoms with Gasteiger partial charge in [0.2, 0.25) is 5.91 Å². The van der Waals surface area contributed by atoms with Crippen molar-refractivity contribution in [3.8, 4) is 5.75 Å². The molecule has 1 amide bonds. The van der Waals surface area contributed by atoms with Crippen LogP contribution < -0.4 is 10.1 Å². The van der Waals surface area contributed by atoms with E-state index in [1.165, 1.54) is 11.8 Å². The lowest BCUT2D eigenvalue weighted by Crippen LogP contribution is -2.13. The molecule has 0 aliphatic rings. The van der Waals surface area contributed by atoms with Gasteiger partial charge in [-0.1, -0.05) is 12.1 Å². The lowest BCUT2D eigenvalue weighted by molar-refractivity contribution is -0.113. The van der Waals surface area contributed by atoms with Gasteiger partial charge in [-0.3, -0.25) is 4.79 Å². The van der Waals surface area contributed by atoms with Crippen LogP contribution in [0.25, 0.3) is 0 Å². The van der Waals surface area contributed by atoms with E-state index in [1.54, 1.807) is 7.11 Å². The summed E-state index contributed by atoms with van der Waals surface area (Å²) >= 11 is 1.50. The third-order valence-corrected chi connectivity index (χ3v) is 3.74. The van der Waals surface area contributed by atoms with E-state index < -0.39 is 0 Å². The zero-order valence-corrected chi connectivity index (χ0v) is 12.4. The maximum Gasteiger partial charge on any atom is 0.234 e. The molecule has 104 valence electrons. The molecule has 0 saturated carbocycles. The van der Waals surface area contributed by atoms with Crippen molar-refractivity contribution in [1.29, 1.82) is 0 Å². The minimum atomic E-state index is -0.00332. The Bertz CT molecular complexity index is 581. The molecule has 0 aromatic heterocycles. The van der Waals surface area contributed by atoms with Crippen molar-refractivity contribution in [1.82, 2.24) is 0 Å². The van der Waals surface area contributed by atoms with Crippen molar-refractivity contribution < 1.29 is 9.53 Å². The lowest BCUT2D eigenvalue weighted by atomic mass is 10.2. The van der Waals surface area contributed by atoms with E-state index in [-0.39, 0.29) is 5.91 Å². The van der Waals surface area contributed by atoms with Gasteiger partial charge in [0.05, 0.1) is 12.9 Å². The third kappa shape index (κ3) is 4.31. The zero-order chi connectivity index (χ0) is 14.4. The predicted octanol–water partition coefficient (Wildman–Crippen LogP) is 3.73. The average Bonchev–Trinajstić information content (AvgIpc) is 2.46. The number of hydrogen-bond donors (Lipinski definition) is 1. The molecule has 20 heavy (non-hydrogen) atoms. The summed E-state index contributed by atoms with van der Waals surface area (Å²) in [5, 5.41) is 2.89. The van der Waals surface area contributed by atoms with Gasteiger partial charge in [-0.2, -0.15) is 0 Å². The maximum atomic E-state index is 11.9. The average molecular weight is 287 g/mol. The van der Waals surface area contributed by atoms with Crippen LogP contribution in [0.2, 0.25) is 0 Å². The Balaban J connectivity index is 1.85. The van der Waals surface area contributed by atoms with E-state index in [0.29, 0.717) is 5.75 Å². The third-order valence-electron chi connectivity index (χ3n) is 2.73. The minimum Gasteiger partial charge on any atom is -0.497 e. The number of benzene rings is 2. The summed E-state index contributed by atoms with van der Waals surface area (Å²) in [4.78, 5) is 12.9. The number of nitrogens with one attached hydrogen (secondary N) is 1. The first-order valence-electron chi connectivity index (χ1n) is 6.31. The topological polar surface area (TPSA) is 38.3 Å². The molecule has 2 aromatic rings. The Labute approximate surface area is 123 Å². The van der Waals surface area contributed by atoms with Gasteiger partial charge < -0.3 is 10.1 Å². The van der Waals surface area contributed by atoms with Gasteiger partial charge in [0, 0.05) is 10.6 Å². The molecule has 2 aromatic carbocycles. The quantitative estimate of drug-likeness (QED) is 0.851. The fourth-order valence-corrected chi connectivity index (χ4v) is 2.44. The summed E-state index contributed by atoms with van der Waals surface area (Å²) < 4.78 is 5.10. The molecule has 3 nitrogen and oxygen atoms in total. The molecule has 4 heteroatoms. The number of anilines is 1. The highest BCUT2D eigenvalue weighted by Crippen LogP contribution is 2.21. The summed E-state index contributed by atoms with van der Waals surface area (Å²) in [5.74, 6) is 1.20. The SMILES string of the molecule is COc1ccc(SCC(=O)Nc2cccc(C)c2)cc1. The van der Waals surface area contributed by atoms with Crippen molar-refractivity contribution in [3.63, 3.8) is 0 Å². The molecule has 0 fully saturated rings. The first kappa shape index (κ1) is 14.5. The van der Waals surface area contributed by atoms with Gasteiger partial charge in [0.1, 0.15) is 5.75 Å². The second kappa shape index (κ2) is 7.01. The highest BCUT2D eigenvalue weighted by Gasteiger charge is 2.04. The van der Waals surface area contributed by atoms with Crippen LogP contribution in [0.3, 0.4) is 0 Å². The van der Waals surface area contributed by atoms with Gasteiger partial charge in [0.25, 0.3) is 0 Å². The highest BCUT2D eigenvalue weighted by atomic mass is 32.2. The van der Waals surface area contributed by atoms with E-state index in [2.05, 4.69) is 5.32 Å². The molecule has 2 rings (SSSR count). The van der Waals surface area contributed by atoms with Crippen molar-refractivity contribution >= 4 is 23.4 Å². The van der Waals surface area contributed by atoms with Crippen LogP contribution in [0.15, 0.2) is 53.4 Å². The molecule has 0 atom stereocenters. The number of hydrogen-bond acceptors (Lipinski definition) is 3. The smallest absolute Gasteiger partial charge is 0.234 e. The van der Waals surface area contributed by atoms with E-state index in [1.807, 2.05) is 55.5 Å². The number of aryl methyl sites for hydroxylation is 1. The van der Waals surface area contributed by atoms with Crippen molar-refractivity contribution in [2.75, 3.05) is 18.2 Å². The molecule has 0 saturated heterocycles. The second-order valence-corrected chi connectivity index (χ2v) is 5.43. The number of amides is 1. The fourth-order valence-electron chi connectivity index (χ4n) is 1.74. The number of rotatable bonds is 5. The van der Waals surface area contributed by atoms with Crippen LogP contribution >= 0.6 is 11.8 Å². The van der Waals surface area contributed by atoms with Crippen molar-refractivity contribution in [2.45, 2.75) is 11.8 Å². The van der Waals surface area contributed by atoms with Crippen LogP contribution in [-0.2, 0) is 4.79 Å². The molecule has 0 aliphatic heterocycles. The molecule has 0 radical (unpaired) electrons. The Hall–Kier alpha value is -1.94.